The van der Waals surface area contributed by atoms with E-state index in [-0.39, 0.29) is 12.0 Å². The zero-order valence-corrected chi connectivity index (χ0v) is 20.9. The first-order chi connectivity index (χ1) is 15.5. The summed E-state index contributed by atoms with van der Waals surface area (Å²) in [7, 11) is 0. The van der Waals surface area contributed by atoms with Crippen molar-refractivity contribution in [1.29, 1.82) is 0 Å². The minimum Gasteiger partial charge on any atom is -0.490 e. The molecule has 2 heterocycles. The molecule has 2 fully saturated rings. The number of nitrogens with zero attached hydrogens (tertiary/aromatic N) is 1. The standard InChI is InChI=1S/C24H24BrNO4S2/c1-2-28-20-12-17(11-19(25)22(20)30-15-16-7-4-3-5-8-16)13-21-23(27)26(24(31)32-21)14-18-9-6-10-29-18/h3-5,7-8,11-13,18H,2,6,9-10,14-15H2,1H3/b21-13-/t18-/m0/s1. The monoisotopic (exact) mass is 533 g/mol. The Hall–Kier alpha value is -1.87. The van der Waals surface area contributed by atoms with E-state index >= 15 is 0 Å². The van der Waals surface area contributed by atoms with Crippen LogP contribution in [0.5, 0.6) is 11.5 Å². The molecule has 2 aromatic carbocycles. The number of thioether (sulfide) groups is 1. The van der Waals surface area contributed by atoms with Gasteiger partial charge in [0.15, 0.2) is 11.5 Å². The van der Waals surface area contributed by atoms with Crippen molar-refractivity contribution in [3.05, 3.63) is 63.0 Å². The summed E-state index contributed by atoms with van der Waals surface area (Å²) < 4.78 is 18.9. The van der Waals surface area contributed by atoms with Gasteiger partial charge < -0.3 is 14.2 Å². The first-order valence-corrected chi connectivity index (χ1v) is 12.6. The molecule has 2 aliphatic rings. The summed E-state index contributed by atoms with van der Waals surface area (Å²) in [4.78, 5) is 15.2. The van der Waals surface area contributed by atoms with E-state index in [2.05, 4.69) is 15.9 Å². The predicted molar refractivity (Wildman–Crippen MR) is 135 cm³/mol. The van der Waals surface area contributed by atoms with Gasteiger partial charge in [0.1, 0.15) is 10.9 Å². The fourth-order valence-corrected chi connectivity index (χ4v) is 5.45. The molecule has 168 valence electrons. The number of halogens is 1. The highest BCUT2D eigenvalue weighted by molar-refractivity contribution is 9.10. The Morgan fingerprint density at radius 2 is 2.09 bits per heavy atom. The minimum atomic E-state index is -0.0750. The number of rotatable bonds is 8. The van der Waals surface area contributed by atoms with Crippen LogP contribution >= 0.6 is 39.9 Å². The second-order valence-corrected chi connectivity index (χ2v) is 9.99. The van der Waals surface area contributed by atoms with E-state index in [1.54, 1.807) is 4.90 Å². The number of hydrogen-bond acceptors (Lipinski definition) is 6. The summed E-state index contributed by atoms with van der Waals surface area (Å²) in [6.07, 6.45) is 3.91. The lowest BCUT2D eigenvalue weighted by molar-refractivity contribution is -0.123. The molecule has 32 heavy (non-hydrogen) atoms. The Labute approximate surface area is 206 Å². The van der Waals surface area contributed by atoms with E-state index in [0.717, 1.165) is 35.0 Å². The van der Waals surface area contributed by atoms with Gasteiger partial charge in [-0.1, -0.05) is 54.3 Å². The van der Waals surface area contributed by atoms with E-state index in [9.17, 15) is 4.79 Å². The van der Waals surface area contributed by atoms with Crippen molar-refractivity contribution in [3.63, 3.8) is 0 Å². The molecule has 4 rings (SSSR count). The van der Waals surface area contributed by atoms with Crippen LogP contribution in [-0.4, -0.2) is 41.0 Å². The van der Waals surface area contributed by atoms with Crippen LogP contribution in [0.3, 0.4) is 0 Å². The fourth-order valence-electron chi connectivity index (χ4n) is 3.60. The molecule has 8 heteroatoms. The fraction of sp³-hybridized carbons (Fsp3) is 0.333. The zero-order valence-electron chi connectivity index (χ0n) is 17.7. The van der Waals surface area contributed by atoms with E-state index in [4.69, 9.17) is 26.4 Å². The van der Waals surface area contributed by atoms with Crippen LogP contribution in [0.25, 0.3) is 6.08 Å². The molecule has 2 aromatic rings. The first kappa shape index (κ1) is 23.3. The molecule has 1 amide bonds. The molecule has 1 atom stereocenters. The summed E-state index contributed by atoms with van der Waals surface area (Å²) in [6.45, 7) is 4.13. The second-order valence-electron chi connectivity index (χ2n) is 7.46. The molecule has 0 aliphatic carbocycles. The lowest BCUT2D eigenvalue weighted by Gasteiger charge is -2.18. The Balaban J connectivity index is 1.53. The third-order valence-corrected chi connectivity index (χ3v) is 7.11. The highest BCUT2D eigenvalue weighted by Gasteiger charge is 2.34. The van der Waals surface area contributed by atoms with Gasteiger partial charge in [0, 0.05) is 6.61 Å². The average molecular weight is 534 g/mol. The molecular formula is C24H24BrNO4S2. The van der Waals surface area contributed by atoms with E-state index < -0.39 is 0 Å². The van der Waals surface area contributed by atoms with Crippen molar-refractivity contribution in [1.82, 2.24) is 4.90 Å². The van der Waals surface area contributed by atoms with Crippen LogP contribution in [0.15, 0.2) is 51.8 Å². The van der Waals surface area contributed by atoms with Gasteiger partial charge in [-0.3, -0.25) is 9.69 Å². The van der Waals surface area contributed by atoms with Gasteiger partial charge in [-0.25, -0.2) is 0 Å². The Morgan fingerprint density at radius 3 is 2.81 bits per heavy atom. The largest absolute Gasteiger partial charge is 0.490 e. The number of amides is 1. The summed E-state index contributed by atoms with van der Waals surface area (Å²) in [5.41, 5.74) is 1.91. The predicted octanol–water partition coefficient (Wildman–Crippen LogP) is 5.81. The maximum Gasteiger partial charge on any atom is 0.266 e. The van der Waals surface area contributed by atoms with Gasteiger partial charge in [-0.05, 0) is 65.0 Å². The van der Waals surface area contributed by atoms with Crippen LogP contribution in [0, 0.1) is 0 Å². The highest BCUT2D eigenvalue weighted by Crippen LogP contribution is 2.40. The summed E-state index contributed by atoms with van der Waals surface area (Å²) >= 11 is 10.4. The summed E-state index contributed by atoms with van der Waals surface area (Å²) in [5.74, 6) is 1.19. The SMILES string of the molecule is CCOc1cc(/C=C2\SC(=S)N(C[C@@H]3CCCO3)C2=O)cc(Br)c1OCc1ccccc1. The van der Waals surface area contributed by atoms with Crippen molar-refractivity contribution < 1.29 is 19.0 Å². The Bertz CT molecular complexity index is 1020. The number of carbonyl (C=O) groups excluding carboxylic acids is 1. The molecule has 0 radical (unpaired) electrons. The second kappa shape index (κ2) is 10.8. The number of carbonyl (C=O) groups is 1. The van der Waals surface area contributed by atoms with Crippen molar-refractivity contribution in [2.75, 3.05) is 19.8 Å². The molecule has 5 nitrogen and oxygen atoms in total. The van der Waals surface area contributed by atoms with Crippen LogP contribution in [0.4, 0.5) is 0 Å². The van der Waals surface area contributed by atoms with Gasteiger partial charge >= 0.3 is 0 Å². The molecule has 0 aromatic heterocycles. The van der Waals surface area contributed by atoms with Crippen LogP contribution in [0.1, 0.15) is 30.9 Å². The summed E-state index contributed by atoms with van der Waals surface area (Å²) in [5, 5.41) is 0. The molecule has 2 aliphatic heterocycles. The Kier molecular flexibility index (Phi) is 7.88. The Morgan fingerprint density at radius 1 is 1.28 bits per heavy atom. The minimum absolute atomic E-state index is 0.0663. The summed E-state index contributed by atoms with van der Waals surface area (Å²) in [6, 6.07) is 13.8. The number of benzene rings is 2. The van der Waals surface area contributed by atoms with Crippen molar-refractivity contribution >= 4 is 56.2 Å². The third kappa shape index (κ3) is 5.54. The first-order valence-electron chi connectivity index (χ1n) is 10.5. The normalized spacial score (nSPS) is 19.8. The van der Waals surface area contributed by atoms with Crippen molar-refractivity contribution in [3.8, 4) is 11.5 Å². The number of thiocarbonyl (C=S) groups is 1. The van der Waals surface area contributed by atoms with E-state index in [1.165, 1.54) is 11.8 Å². The maximum absolute atomic E-state index is 13.0. The van der Waals surface area contributed by atoms with Gasteiger partial charge in [-0.2, -0.15) is 0 Å². The van der Waals surface area contributed by atoms with Gasteiger partial charge in [0.2, 0.25) is 0 Å². The van der Waals surface area contributed by atoms with Crippen molar-refractivity contribution in [2.24, 2.45) is 0 Å². The maximum atomic E-state index is 13.0. The molecule has 0 N–H and O–H groups in total. The third-order valence-electron chi connectivity index (χ3n) is 5.14. The van der Waals surface area contributed by atoms with Gasteiger partial charge in [0.25, 0.3) is 5.91 Å². The molecule has 0 saturated carbocycles. The topological polar surface area (TPSA) is 48.0 Å². The molecule has 0 unspecified atom stereocenters. The number of hydrogen-bond donors (Lipinski definition) is 0. The van der Waals surface area contributed by atoms with Gasteiger partial charge in [0.05, 0.1) is 28.6 Å². The van der Waals surface area contributed by atoms with E-state index in [1.807, 2.05) is 55.5 Å². The smallest absolute Gasteiger partial charge is 0.266 e. The van der Waals surface area contributed by atoms with Crippen LogP contribution < -0.4 is 9.47 Å². The molecule has 0 bridgehead atoms. The quantitative estimate of drug-likeness (QED) is 0.315. The lowest BCUT2D eigenvalue weighted by atomic mass is 10.1. The number of ether oxygens (including phenoxy) is 3. The van der Waals surface area contributed by atoms with Crippen LogP contribution in [-0.2, 0) is 16.1 Å². The molecule has 0 spiro atoms. The molecule has 2 saturated heterocycles. The zero-order chi connectivity index (χ0) is 22.5. The highest BCUT2D eigenvalue weighted by atomic mass is 79.9. The molecular weight excluding hydrogens is 510 g/mol. The van der Waals surface area contributed by atoms with E-state index in [0.29, 0.717) is 40.5 Å². The van der Waals surface area contributed by atoms with Gasteiger partial charge in [-0.15, -0.1) is 0 Å². The lowest BCUT2D eigenvalue weighted by Crippen LogP contribution is -2.35. The van der Waals surface area contributed by atoms with Crippen LogP contribution in [0.2, 0.25) is 0 Å². The van der Waals surface area contributed by atoms with Crippen molar-refractivity contribution in [2.45, 2.75) is 32.5 Å². The average Bonchev–Trinajstić information content (AvgIpc) is 3.38.